The number of nitrogens with zero attached hydrogens (tertiary/aromatic N) is 1. The Morgan fingerprint density at radius 3 is 2.38 bits per heavy atom. The summed E-state index contributed by atoms with van der Waals surface area (Å²) in [5, 5.41) is 14.8. The first-order chi connectivity index (χ1) is 11.3. The van der Waals surface area contributed by atoms with Crippen molar-refractivity contribution in [3.05, 3.63) is 55.7 Å². The summed E-state index contributed by atoms with van der Waals surface area (Å²) in [4.78, 5) is 10.9. The van der Waals surface area contributed by atoms with E-state index in [1.54, 1.807) is 12.1 Å². The lowest BCUT2D eigenvalue weighted by Gasteiger charge is -2.10. The maximum absolute atomic E-state index is 11.8. The summed E-state index contributed by atoms with van der Waals surface area (Å²) < 4.78 is 24.7. The monoisotopic (exact) mass is 474 g/mol. The summed E-state index contributed by atoms with van der Waals surface area (Å²) >= 11 is 3.02. The molecular weight excluding hydrogens is 463 g/mol. The van der Waals surface area contributed by atoms with Crippen LogP contribution in [0.2, 0.25) is 0 Å². The molecule has 0 aliphatic heterocycles. The average Bonchev–Trinajstić information content (AvgIpc) is 2.95. The van der Waals surface area contributed by atoms with Crippen LogP contribution in [0.1, 0.15) is 0 Å². The summed E-state index contributed by atoms with van der Waals surface area (Å²) in [5.41, 5.74) is 1.78. The van der Waals surface area contributed by atoms with Crippen molar-refractivity contribution >= 4 is 55.3 Å². The van der Waals surface area contributed by atoms with Gasteiger partial charge >= 0.3 is 4.87 Å². The van der Waals surface area contributed by atoms with E-state index in [1.807, 2.05) is 24.3 Å². The Hall–Kier alpha value is -1.76. The Morgan fingerprint density at radius 1 is 1.12 bits per heavy atom. The van der Waals surface area contributed by atoms with E-state index in [4.69, 9.17) is 5.14 Å². The Labute approximate surface area is 155 Å². The van der Waals surface area contributed by atoms with Crippen LogP contribution in [0, 0.1) is 3.57 Å². The van der Waals surface area contributed by atoms with Gasteiger partial charge in [-0.1, -0.05) is 11.3 Å². The molecular formula is C14H11IN4O3S2. The van der Waals surface area contributed by atoms with Gasteiger partial charge in [0.1, 0.15) is 5.01 Å². The third kappa shape index (κ3) is 3.83. The number of sulfonamides is 1. The van der Waals surface area contributed by atoms with Crippen LogP contribution in [0.5, 0.6) is 0 Å². The molecule has 0 amide bonds. The van der Waals surface area contributed by atoms with Gasteiger partial charge in [-0.3, -0.25) is 4.79 Å². The number of primary sulfonamides is 1. The normalized spacial score (nSPS) is 11.4. The zero-order valence-electron chi connectivity index (χ0n) is 12.0. The van der Waals surface area contributed by atoms with Crippen molar-refractivity contribution in [2.75, 3.05) is 5.32 Å². The van der Waals surface area contributed by atoms with Gasteiger partial charge in [-0.25, -0.2) is 18.7 Å². The number of nitrogens with two attached hydrogens (primary N) is 1. The fourth-order valence-electron chi connectivity index (χ4n) is 2.07. The van der Waals surface area contributed by atoms with Gasteiger partial charge in [-0.05, 0) is 65.1 Å². The van der Waals surface area contributed by atoms with Crippen LogP contribution in [-0.2, 0) is 10.0 Å². The molecule has 0 aliphatic rings. The summed E-state index contributed by atoms with van der Waals surface area (Å²) in [5.74, 6) is 0. The molecule has 3 aromatic rings. The maximum atomic E-state index is 11.8. The topological polar surface area (TPSA) is 118 Å². The van der Waals surface area contributed by atoms with E-state index in [0.29, 0.717) is 5.69 Å². The molecule has 10 heteroatoms. The summed E-state index contributed by atoms with van der Waals surface area (Å²) in [6.07, 6.45) is 0. The maximum Gasteiger partial charge on any atom is 0.322 e. The first-order valence-electron chi connectivity index (χ1n) is 6.58. The van der Waals surface area contributed by atoms with Crippen LogP contribution in [-0.4, -0.2) is 18.6 Å². The molecule has 2 aromatic carbocycles. The summed E-state index contributed by atoms with van der Waals surface area (Å²) in [7, 11) is -3.95. The van der Waals surface area contributed by atoms with Crippen LogP contribution < -0.4 is 15.3 Å². The highest BCUT2D eigenvalue weighted by Crippen LogP contribution is 2.30. The molecule has 0 saturated carbocycles. The van der Waals surface area contributed by atoms with E-state index in [-0.39, 0.29) is 20.3 Å². The largest absolute Gasteiger partial charge is 0.356 e. The standard InChI is InChI=1S/C14H11IN4O3S2/c15-8-1-3-9(4-2-8)17-10-5-6-12(24(16,21)22)11(7-10)13-18-19-14(20)23-13/h1-7,17H,(H,19,20)(H2,16,21,22). The second-order valence-electron chi connectivity index (χ2n) is 4.81. The van der Waals surface area contributed by atoms with E-state index in [1.165, 1.54) is 6.07 Å². The van der Waals surface area contributed by atoms with E-state index in [0.717, 1.165) is 20.6 Å². The van der Waals surface area contributed by atoms with Crippen molar-refractivity contribution in [2.24, 2.45) is 5.14 Å². The lowest BCUT2D eigenvalue weighted by molar-refractivity contribution is 0.598. The molecule has 1 heterocycles. The van der Waals surface area contributed by atoms with E-state index < -0.39 is 10.0 Å². The molecule has 0 fully saturated rings. The number of hydrogen-bond acceptors (Lipinski definition) is 6. The zero-order chi connectivity index (χ0) is 17.3. The number of aromatic amines is 1. The summed E-state index contributed by atoms with van der Waals surface area (Å²) in [6.45, 7) is 0. The molecule has 1 aromatic heterocycles. The van der Waals surface area contributed by atoms with Crippen LogP contribution in [0.4, 0.5) is 11.4 Å². The highest BCUT2D eigenvalue weighted by atomic mass is 127. The molecule has 0 saturated heterocycles. The van der Waals surface area contributed by atoms with Crippen molar-refractivity contribution in [1.29, 1.82) is 0 Å². The quantitative estimate of drug-likeness (QED) is 0.503. The minimum Gasteiger partial charge on any atom is -0.356 e. The average molecular weight is 474 g/mol. The van der Waals surface area contributed by atoms with Crippen molar-refractivity contribution in [2.45, 2.75) is 4.90 Å². The van der Waals surface area contributed by atoms with Crippen molar-refractivity contribution in [1.82, 2.24) is 10.2 Å². The minimum atomic E-state index is -3.95. The molecule has 0 bridgehead atoms. The smallest absolute Gasteiger partial charge is 0.322 e. The molecule has 24 heavy (non-hydrogen) atoms. The first-order valence-corrected chi connectivity index (χ1v) is 10.0. The first kappa shape index (κ1) is 17.1. The number of halogens is 1. The van der Waals surface area contributed by atoms with Crippen LogP contribution in [0.3, 0.4) is 0 Å². The van der Waals surface area contributed by atoms with Crippen molar-refractivity contribution < 1.29 is 8.42 Å². The molecule has 0 radical (unpaired) electrons. The van der Waals surface area contributed by atoms with Crippen LogP contribution >= 0.6 is 33.9 Å². The molecule has 7 nitrogen and oxygen atoms in total. The third-order valence-corrected chi connectivity index (χ3v) is 5.56. The predicted molar refractivity (Wildman–Crippen MR) is 102 cm³/mol. The fourth-order valence-corrected chi connectivity index (χ4v) is 3.85. The highest BCUT2D eigenvalue weighted by Gasteiger charge is 2.18. The Kier molecular flexibility index (Phi) is 4.71. The number of hydrogen-bond donors (Lipinski definition) is 3. The van der Waals surface area contributed by atoms with Crippen molar-refractivity contribution in [3.63, 3.8) is 0 Å². The van der Waals surface area contributed by atoms with Gasteiger partial charge in [-0.15, -0.1) is 0 Å². The van der Waals surface area contributed by atoms with Crippen LogP contribution in [0.15, 0.2) is 52.2 Å². The van der Waals surface area contributed by atoms with E-state index >= 15 is 0 Å². The fraction of sp³-hybridized carbons (Fsp3) is 0. The van der Waals surface area contributed by atoms with Gasteiger partial charge in [0.2, 0.25) is 10.0 Å². The second-order valence-corrected chi connectivity index (χ2v) is 8.54. The number of rotatable bonds is 4. The predicted octanol–water partition coefficient (Wildman–Crippen LogP) is 2.49. The molecule has 4 N–H and O–H groups in total. The molecule has 0 atom stereocenters. The van der Waals surface area contributed by atoms with Gasteiger partial charge < -0.3 is 5.32 Å². The third-order valence-electron chi connectivity index (χ3n) is 3.09. The molecule has 124 valence electrons. The Balaban J connectivity index is 2.07. The Morgan fingerprint density at radius 2 is 1.79 bits per heavy atom. The molecule has 0 unspecified atom stereocenters. The van der Waals surface area contributed by atoms with Crippen LogP contribution in [0.25, 0.3) is 10.6 Å². The SMILES string of the molecule is NS(=O)(=O)c1ccc(Nc2ccc(I)cc2)cc1-c1n[nH]c(=O)s1. The lowest BCUT2D eigenvalue weighted by Crippen LogP contribution is -2.13. The minimum absolute atomic E-state index is 0.0848. The molecule has 3 rings (SSSR count). The van der Waals surface area contributed by atoms with Gasteiger partial charge in [-0.2, -0.15) is 5.10 Å². The molecule has 0 spiro atoms. The lowest BCUT2D eigenvalue weighted by atomic mass is 10.2. The Bertz CT molecular complexity index is 1040. The van der Waals surface area contributed by atoms with Gasteiger partial charge in [0.05, 0.1) is 4.90 Å². The number of nitrogens with one attached hydrogen (secondary N) is 2. The molecule has 0 aliphatic carbocycles. The van der Waals surface area contributed by atoms with E-state index in [9.17, 15) is 13.2 Å². The zero-order valence-corrected chi connectivity index (χ0v) is 15.8. The number of aromatic nitrogens is 2. The highest BCUT2D eigenvalue weighted by molar-refractivity contribution is 14.1. The van der Waals surface area contributed by atoms with Gasteiger partial charge in [0.15, 0.2) is 0 Å². The van der Waals surface area contributed by atoms with Crippen molar-refractivity contribution in [3.8, 4) is 10.6 Å². The number of H-pyrrole nitrogens is 1. The number of benzene rings is 2. The van der Waals surface area contributed by atoms with Gasteiger partial charge in [0, 0.05) is 20.5 Å². The second kappa shape index (κ2) is 6.63. The van der Waals surface area contributed by atoms with E-state index in [2.05, 4.69) is 38.1 Å². The van der Waals surface area contributed by atoms with Gasteiger partial charge in [0.25, 0.3) is 0 Å². The number of anilines is 2. The summed E-state index contributed by atoms with van der Waals surface area (Å²) in [6, 6.07) is 12.3.